The van der Waals surface area contributed by atoms with Gasteiger partial charge in [0.05, 0.1) is 0 Å². The molecule has 0 bridgehead atoms. The minimum Gasteiger partial charge on any atom is -0.385 e. The quantitative estimate of drug-likeness (QED) is 0.507. The van der Waals surface area contributed by atoms with Crippen molar-refractivity contribution in [3.8, 4) is 0 Å². The zero-order valence-electron chi connectivity index (χ0n) is 7.52. The van der Waals surface area contributed by atoms with E-state index in [2.05, 4.69) is 25.2 Å². The summed E-state index contributed by atoms with van der Waals surface area (Å²) in [6.45, 7) is 5.06. The summed E-state index contributed by atoms with van der Waals surface area (Å²) in [6, 6.07) is 0. The van der Waals surface area contributed by atoms with E-state index in [4.69, 9.17) is 11.1 Å². The van der Waals surface area contributed by atoms with E-state index >= 15 is 0 Å². The van der Waals surface area contributed by atoms with Gasteiger partial charge in [-0.1, -0.05) is 26.0 Å². The maximum atomic E-state index is 7.10. The lowest BCUT2D eigenvalue weighted by Crippen LogP contribution is -2.29. The smallest absolute Gasteiger partial charge is 0.105 e. The third-order valence-corrected chi connectivity index (χ3v) is 1.92. The highest BCUT2D eigenvalue weighted by atomic mass is 15.0. The zero-order chi connectivity index (χ0) is 9.19. The first-order valence-corrected chi connectivity index (χ1v) is 3.98. The van der Waals surface area contributed by atoms with Gasteiger partial charge in [0, 0.05) is 23.7 Å². The van der Waals surface area contributed by atoms with Crippen molar-refractivity contribution in [3.05, 3.63) is 23.5 Å². The largest absolute Gasteiger partial charge is 0.385 e. The summed E-state index contributed by atoms with van der Waals surface area (Å²) in [5, 5.41) is 10.2. The van der Waals surface area contributed by atoms with Gasteiger partial charge in [0.25, 0.3) is 0 Å². The molecular formula is C9H15N3. The number of nitrogens with one attached hydrogen (secondary N) is 2. The maximum absolute atomic E-state index is 7.10. The molecule has 0 aromatic rings. The second-order valence-corrected chi connectivity index (χ2v) is 3.69. The molecule has 1 aliphatic heterocycles. The molecule has 3 nitrogen and oxygen atoms in total. The van der Waals surface area contributed by atoms with Gasteiger partial charge >= 0.3 is 0 Å². The molecule has 1 heterocycles. The summed E-state index contributed by atoms with van der Waals surface area (Å²) in [4.78, 5) is 0. The van der Waals surface area contributed by atoms with Gasteiger partial charge in [-0.25, -0.2) is 0 Å². The summed E-state index contributed by atoms with van der Waals surface area (Å²) < 4.78 is 0. The molecule has 0 fully saturated rings. The molecule has 0 aromatic carbocycles. The topological polar surface area (TPSA) is 61.9 Å². The van der Waals surface area contributed by atoms with E-state index in [9.17, 15) is 0 Å². The van der Waals surface area contributed by atoms with Crippen LogP contribution in [0.4, 0.5) is 0 Å². The van der Waals surface area contributed by atoms with Gasteiger partial charge in [-0.05, 0) is 0 Å². The van der Waals surface area contributed by atoms with Gasteiger partial charge in [0.2, 0.25) is 0 Å². The van der Waals surface area contributed by atoms with Crippen LogP contribution in [-0.4, -0.2) is 12.8 Å². The molecule has 1 aliphatic rings. The zero-order valence-corrected chi connectivity index (χ0v) is 7.52. The molecule has 66 valence electrons. The summed E-state index contributed by atoms with van der Waals surface area (Å²) in [5.74, 6) is 0.590. The van der Waals surface area contributed by atoms with Crippen LogP contribution in [0.2, 0.25) is 0 Å². The number of hydrogen-bond acceptors (Lipinski definition) is 3. The van der Waals surface area contributed by atoms with E-state index < -0.39 is 0 Å². The summed E-state index contributed by atoms with van der Waals surface area (Å²) in [7, 11) is 0. The summed E-state index contributed by atoms with van der Waals surface area (Å²) in [6.07, 6.45) is 5.22. The Morgan fingerprint density at radius 2 is 2.33 bits per heavy atom. The first kappa shape index (κ1) is 8.84. The van der Waals surface area contributed by atoms with Crippen LogP contribution >= 0.6 is 0 Å². The highest BCUT2D eigenvalue weighted by Crippen LogP contribution is 2.19. The molecular weight excluding hydrogens is 150 g/mol. The first-order valence-electron chi connectivity index (χ1n) is 3.98. The van der Waals surface area contributed by atoms with Crippen LogP contribution < -0.4 is 11.1 Å². The van der Waals surface area contributed by atoms with E-state index in [0.717, 1.165) is 12.1 Å². The second kappa shape index (κ2) is 3.01. The van der Waals surface area contributed by atoms with Gasteiger partial charge in [-0.2, -0.15) is 0 Å². The van der Waals surface area contributed by atoms with Gasteiger partial charge in [-0.3, -0.25) is 0 Å². The molecule has 4 N–H and O–H groups in total. The Balaban J connectivity index is 2.91. The Labute approximate surface area is 72.8 Å². The predicted molar refractivity (Wildman–Crippen MR) is 50.9 cm³/mol. The molecule has 0 atom stereocenters. The Hall–Kier alpha value is -1.25. The first-order chi connectivity index (χ1) is 5.55. The van der Waals surface area contributed by atoms with E-state index in [1.165, 1.54) is 6.21 Å². The molecule has 3 heteroatoms. The van der Waals surface area contributed by atoms with Crippen LogP contribution in [-0.2, 0) is 0 Å². The van der Waals surface area contributed by atoms with Crippen LogP contribution in [0.3, 0.4) is 0 Å². The Morgan fingerprint density at radius 3 is 2.92 bits per heavy atom. The van der Waals surface area contributed by atoms with E-state index in [-0.39, 0.29) is 5.41 Å². The normalized spacial score (nSPS) is 21.5. The minimum atomic E-state index is 0.107. The lowest BCUT2D eigenvalue weighted by molar-refractivity contribution is 0.458. The van der Waals surface area contributed by atoms with Gasteiger partial charge < -0.3 is 16.5 Å². The molecule has 0 amide bonds. The second-order valence-electron chi connectivity index (χ2n) is 3.69. The number of allylic oxidation sites excluding steroid dienone is 2. The van der Waals surface area contributed by atoms with Crippen molar-refractivity contribution < 1.29 is 0 Å². The maximum Gasteiger partial charge on any atom is 0.105 e. The van der Waals surface area contributed by atoms with Crippen molar-refractivity contribution in [2.24, 2.45) is 11.1 Å². The van der Waals surface area contributed by atoms with Crippen LogP contribution in [0.25, 0.3) is 0 Å². The standard InChI is InChI=1S/C9H15N3/c1-9(2)4-3-7(5-10)8(11)12-6-9/h3-5,10,12H,6,11H2,1-2H3. The minimum absolute atomic E-state index is 0.107. The van der Waals surface area contributed by atoms with Crippen LogP contribution in [0.1, 0.15) is 13.8 Å². The average molecular weight is 165 g/mol. The monoisotopic (exact) mass is 165 g/mol. The fourth-order valence-electron chi connectivity index (χ4n) is 1.02. The summed E-state index contributed by atoms with van der Waals surface area (Å²) in [5.41, 5.74) is 6.53. The molecule has 0 radical (unpaired) electrons. The molecule has 0 aromatic heterocycles. The lowest BCUT2D eigenvalue weighted by atomic mass is 9.93. The summed E-state index contributed by atoms with van der Waals surface area (Å²) >= 11 is 0. The molecule has 1 rings (SSSR count). The molecule has 0 saturated heterocycles. The van der Waals surface area contributed by atoms with Crippen LogP contribution in [0.15, 0.2) is 23.5 Å². The highest BCUT2D eigenvalue weighted by Gasteiger charge is 2.16. The van der Waals surface area contributed by atoms with Crippen molar-refractivity contribution in [1.29, 1.82) is 5.41 Å². The lowest BCUT2D eigenvalue weighted by Gasteiger charge is -2.19. The average Bonchev–Trinajstić information content (AvgIpc) is 2.13. The highest BCUT2D eigenvalue weighted by molar-refractivity contribution is 5.80. The predicted octanol–water partition coefficient (Wildman–Crippen LogP) is 0.992. The van der Waals surface area contributed by atoms with Crippen molar-refractivity contribution in [2.45, 2.75) is 13.8 Å². The Morgan fingerprint density at radius 1 is 1.67 bits per heavy atom. The number of hydrogen-bond donors (Lipinski definition) is 3. The Kier molecular flexibility index (Phi) is 2.22. The van der Waals surface area contributed by atoms with Gasteiger partial charge in [0.15, 0.2) is 0 Å². The van der Waals surface area contributed by atoms with Crippen LogP contribution in [0.5, 0.6) is 0 Å². The van der Waals surface area contributed by atoms with E-state index in [0.29, 0.717) is 5.82 Å². The van der Waals surface area contributed by atoms with E-state index in [1.54, 1.807) is 0 Å². The SMILES string of the molecule is CC1(C)C=CC(C=N)=C(N)NC1. The van der Waals surface area contributed by atoms with Crippen molar-refractivity contribution in [2.75, 3.05) is 6.54 Å². The van der Waals surface area contributed by atoms with E-state index in [1.807, 2.05) is 6.08 Å². The fraction of sp³-hybridized carbons (Fsp3) is 0.444. The molecule has 0 aliphatic carbocycles. The van der Waals surface area contributed by atoms with Gasteiger partial charge in [-0.15, -0.1) is 0 Å². The van der Waals surface area contributed by atoms with Crippen molar-refractivity contribution >= 4 is 6.21 Å². The Bertz CT molecular complexity index is 248. The molecule has 12 heavy (non-hydrogen) atoms. The molecule has 0 saturated carbocycles. The van der Waals surface area contributed by atoms with Gasteiger partial charge in [0.1, 0.15) is 5.82 Å². The number of rotatable bonds is 1. The molecule has 0 spiro atoms. The van der Waals surface area contributed by atoms with Crippen LogP contribution in [0, 0.1) is 10.8 Å². The third-order valence-electron chi connectivity index (χ3n) is 1.92. The van der Waals surface area contributed by atoms with Crippen molar-refractivity contribution in [1.82, 2.24) is 5.32 Å². The number of nitrogens with two attached hydrogens (primary N) is 1. The third kappa shape index (κ3) is 1.87. The molecule has 0 unspecified atom stereocenters. The van der Waals surface area contributed by atoms with Crippen molar-refractivity contribution in [3.63, 3.8) is 0 Å². The fourth-order valence-corrected chi connectivity index (χ4v) is 1.02.